The molecule has 0 saturated carbocycles. The molecule has 2 rings (SSSR count). The lowest BCUT2D eigenvalue weighted by Crippen LogP contribution is -2.50. The van der Waals surface area contributed by atoms with E-state index in [-0.39, 0.29) is 45.8 Å². The summed E-state index contributed by atoms with van der Waals surface area (Å²) in [5.41, 5.74) is -0.428. The van der Waals surface area contributed by atoms with Crippen LogP contribution in [0.4, 0.5) is 0 Å². The van der Waals surface area contributed by atoms with Gasteiger partial charge in [-0.1, -0.05) is 0 Å². The third-order valence-corrected chi connectivity index (χ3v) is 6.93. The van der Waals surface area contributed by atoms with E-state index < -0.39 is 0 Å². The number of carbonyl (C=O) groups excluding carboxylic acids is 2. The van der Waals surface area contributed by atoms with Gasteiger partial charge in [0.15, 0.2) is 0 Å². The van der Waals surface area contributed by atoms with Crippen LogP contribution in [0.1, 0.15) is 68.2 Å². The Morgan fingerprint density at radius 3 is 1.74 bits per heavy atom. The van der Waals surface area contributed by atoms with Crippen molar-refractivity contribution in [3.8, 4) is 0 Å². The SMILES string of the molecule is CN1C(C)(C)CC(C(=O)NCCNC(=O)C2CC(C)(C)NC2(C)C)C1(C)C. The summed E-state index contributed by atoms with van der Waals surface area (Å²) in [6.45, 7) is 18.0. The molecule has 2 atom stereocenters. The van der Waals surface area contributed by atoms with Gasteiger partial charge in [-0.15, -0.1) is 0 Å². The van der Waals surface area contributed by atoms with Crippen LogP contribution < -0.4 is 16.0 Å². The monoisotopic (exact) mass is 380 g/mol. The Kier molecular flexibility index (Phi) is 5.77. The molecule has 6 nitrogen and oxygen atoms in total. The van der Waals surface area contributed by atoms with Crippen molar-refractivity contribution in [2.75, 3.05) is 20.1 Å². The molecule has 2 saturated heterocycles. The molecule has 2 aliphatic heterocycles. The maximum absolute atomic E-state index is 12.7. The second-order valence-electron chi connectivity index (χ2n) is 10.9. The Balaban J connectivity index is 1.82. The number of carbonyl (C=O) groups is 2. The smallest absolute Gasteiger partial charge is 0.225 e. The number of likely N-dealkylation sites (tertiary alicyclic amines) is 1. The van der Waals surface area contributed by atoms with Crippen molar-refractivity contribution in [2.24, 2.45) is 11.8 Å². The van der Waals surface area contributed by atoms with Gasteiger partial charge < -0.3 is 16.0 Å². The number of nitrogens with zero attached hydrogens (tertiary/aromatic N) is 1. The van der Waals surface area contributed by atoms with Crippen molar-refractivity contribution in [3.05, 3.63) is 0 Å². The second kappa shape index (κ2) is 7.03. The van der Waals surface area contributed by atoms with Gasteiger partial charge in [0.1, 0.15) is 0 Å². The van der Waals surface area contributed by atoms with E-state index in [0.29, 0.717) is 13.1 Å². The molecule has 27 heavy (non-hydrogen) atoms. The van der Waals surface area contributed by atoms with E-state index in [0.717, 1.165) is 12.8 Å². The Bertz CT molecular complexity index is 595. The average molecular weight is 381 g/mol. The van der Waals surface area contributed by atoms with E-state index in [1.807, 2.05) is 0 Å². The minimum atomic E-state index is -0.221. The number of hydrogen-bond acceptors (Lipinski definition) is 4. The van der Waals surface area contributed by atoms with Gasteiger partial charge in [0.2, 0.25) is 11.8 Å². The van der Waals surface area contributed by atoms with Gasteiger partial charge in [-0.2, -0.15) is 0 Å². The number of hydrogen-bond donors (Lipinski definition) is 3. The van der Waals surface area contributed by atoms with Crippen LogP contribution in [-0.4, -0.2) is 59.0 Å². The van der Waals surface area contributed by atoms with Crippen LogP contribution in [0.5, 0.6) is 0 Å². The molecule has 0 spiro atoms. The molecule has 156 valence electrons. The first-order chi connectivity index (χ1) is 12.1. The highest BCUT2D eigenvalue weighted by Crippen LogP contribution is 2.43. The molecule has 2 unspecified atom stereocenters. The summed E-state index contributed by atoms with van der Waals surface area (Å²) in [5, 5.41) is 9.56. The van der Waals surface area contributed by atoms with Gasteiger partial charge in [0.05, 0.1) is 11.8 Å². The highest BCUT2D eigenvalue weighted by Gasteiger charge is 2.52. The Hall–Kier alpha value is -1.14. The van der Waals surface area contributed by atoms with E-state index in [1.54, 1.807) is 0 Å². The standard InChI is InChI=1S/C21H40N4O2/c1-18(2)12-14(20(5,6)24-18)16(26)22-10-11-23-17(27)15-13-19(3,4)25(9)21(15,7)8/h14-15,24H,10-13H2,1-9H3,(H,22,26)(H,23,27). The Labute approximate surface area is 165 Å². The quantitative estimate of drug-likeness (QED) is 0.637. The van der Waals surface area contributed by atoms with Gasteiger partial charge in [-0.25, -0.2) is 0 Å². The average Bonchev–Trinajstić information content (AvgIpc) is 2.83. The van der Waals surface area contributed by atoms with Crippen LogP contribution >= 0.6 is 0 Å². The summed E-state index contributed by atoms with van der Waals surface area (Å²) < 4.78 is 0. The molecule has 6 heteroatoms. The van der Waals surface area contributed by atoms with Gasteiger partial charge in [0, 0.05) is 35.2 Å². The fourth-order valence-corrected chi connectivity index (χ4v) is 5.13. The molecule has 2 aliphatic rings. The van der Waals surface area contributed by atoms with Crippen LogP contribution in [0.15, 0.2) is 0 Å². The minimum absolute atomic E-state index is 0.00752. The third kappa shape index (κ3) is 4.48. The molecule has 0 radical (unpaired) electrons. The van der Waals surface area contributed by atoms with Crippen LogP contribution in [0.25, 0.3) is 0 Å². The zero-order valence-electron chi connectivity index (χ0n) is 18.7. The summed E-state index contributed by atoms with van der Waals surface area (Å²) in [6.07, 6.45) is 1.65. The van der Waals surface area contributed by atoms with Crippen molar-refractivity contribution in [3.63, 3.8) is 0 Å². The predicted octanol–water partition coefficient (Wildman–Crippen LogP) is 1.89. The molecule has 0 aromatic heterocycles. The maximum atomic E-state index is 12.7. The second-order valence-corrected chi connectivity index (χ2v) is 10.9. The van der Waals surface area contributed by atoms with Crippen LogP contribution in [0.2, 0.25) is 0 Å². The van der Waals surface area contributed by atoms with E-state index in [2.05, 4.69) is 83.3 Å². The Morgan fingerprint density at radius 2 is 1.37 bits per heavy atom. The predicted molar refractivity (Wildman–Crippen MR) is 109 cm³/mol. The van der Waals surface area contributed by atoms with Crippen molar-refractivity contribution < 1.29 is 9.59 Å². The fourth-order valence-electron chi connectivity index (χ4n) is 5.13. The lowest BCUT2D eigenvalue weighted by molar-refractivity contribution is -0.128. The molecule has 0 aromatic carbocycles. The van der Waals surface area contributed by atoms with E-state index in [9.17, 15) is 9.59 Å². The highest BCUT2D eigenvalue weighted by atomic mass is 16.2. The van der Waals surface area contributed by atoms with Crippen molar-refractivity contribution in [1.82, 2.24) is 20.9 Å². The van der Waals surface area contributed by atoms with E-state index in [1.165, 1.54) is 0 Å². The lowest BCUT2D eigenvalue weighted by atomic mass is 9.86. The molecule has 0 aromatic rings. The molecule has 2 fully saturated rings. The largest absolute Gasteiger partial charge is 0.354 e. The first-order valence-electron chi connectivity index (χ1n) is 10.2. The zero-order chi connectivity index (χ0) is 20.8. The fraction of sp³-hybridized carbons (Fsp3) is 0.905. The normalized spacial score (nSPS) is 30.9. The summed E-state index contributed by atoms with van der Waals surface area (Å²) in [6, 6.07) is 0. The van der Waals surface area contributed by atoms with Crippen LogP contribution in [0, 0.1) is 11.8 Å². The van der Waals surface area contributed by atoms with Crippen molar-refractivity contribution in [1.29, 1.82) is 0 Å². The van der Waals surface area contributed by atoms with Gasteiger partial charge in [-0.05, 0) is 75.3 Å². The van der Waals surface area contributed by atoms with Gasteiger partial charge in [0.25, 0.3) is 0 Å². The van der Waals surface area contributed by atoms with E-state index >= 15 is 0 Å². The van der Waals surface area contributed by atoms with Gasteiger partial charge >= 0.3 is 0 Å². The summed E-state index contributed by atoms with van der Waals surface area (Å²) >= 11 is 0. The zero-order valence-corrected chi connectivity index (χ0v) is 18.7. The number of nitrogens with one attached hydrogen (secondary N) is 3. The van der Waals surface area contributed by atoms with Crippen molar-refractivity contribution >= 4 is 11.8 Å². The molecule has 3 N–H and O–H groups in total. The molecule has 0 bridgehead atoms. The lowest BCUT2D eigenvalue weighted by Gasteiger charge is -2.38. The third-order valence-electron chi connectivity index (χ3n) is 6.93. The summed E-state index contributed by atoms with van der Waals surface area (Å²) in [4.78, 5) is 27.6. The molecule has 0 aliphatic carbocycles. The first-order valence-corrected chi connectivity index (χ1v) is 10.2. The van der Waals surface area contributed by atoms with E-state index in [4.69, 9.17) is 0 Å². The topological polar surface area (TPSA) is 73.5 Å². The van der Waals surface area contributed by atoms with Gasteiger partial charge in [-0.3, -0.25) is 14.5 Å². The molecular weight excluding hydrogens is 340 g/mol. The first kappa shape index (κ1) is 22.2. The summed E-state index contributed by atoms with van der Waals surface area (Å²) in [5.74, 6) is 0.0310. The van der Waals surface area contributed by atoms with Crippen molar-refractivity contribution in [2.45, 2.75) is 90.4 Å². The molecule has 2 heterocycles. The highest BCUT2D eigenvalue weighted by molar-refractivity contribution is 5.82. The molecular formula is C21H40N4O2. The number of amides is 2. The van der Waals surface area contributed by atoms with Crippen LogP contribution in [0.3, 0.4) is 0 Å². The summed E-state index contributed by atoms with van der Waals surface area (Å²) in [7, 11) is 2.09. The van der Waals surface area contributed by atoms with Crippen LogP contribution in [-0.2, 0) is 9.59 Å². The maximum Gasteiger partial charge on any atom is 0.225 e. The number of rotatable bonds is 5. The Morgan fingerprint density at radius 1 is 0.889 bits per heavy atom. The molecule has 2 amide bonds. The minimum Gasteiger partial charge on any atom is -0.354 e.